The molecule has 0 saturated heterocycles. The molecular formula is C22H34N4O4. The van der Waals surface area contributed by atoms with Gasteiger partial charge in [-0.3, -0.25) is 4.79 Å². The third-order valence-corrected chi connectivity index (χ3v) is 4.73. The standard InChI is InChI=1S/C22H34N4O4/c1-13(2)8-9-26-19(21(28)30-7)18(25-15(4)27)17-10-16(12-23-20(17)26)24-14(3)11-22(5,6)29/h10,12-14,24,29H,8-9,11H2,1-7H3,(H,25,27)/t14-/m0/s1. The number of amides is 1. The number of anilines is 2. The first-order chi connectivity index (χ1) is 13.9. The fourth-order valence-corrected chi connectivity index (χ4v) is 3.61. The van der Waals surface area contributed by atoms with Gasteiger partial charge in [0.2, 0.25) is 5.91 Å². The topological polar surface area (TPSA) is 105 Å². The second-order valence-corrected chi connectivity index (χ2v) is 8.89. The number of esters is 1. The number of nitrogens with zero attached hydrogens (tertiary/aromatic N) is 2. The maximum Gasteiger partial charge on any atom is 0.356 e. The number of pyridine rings is 1. The van der Waals surface area contributed by atoms with Gasteiger partial charge in [0.05, 0.1) is 30.3 Å². The highest BCUT2D eigenvalue weighted by atomic mass is 16.5. The molecule has 0 saturated carbocycles. The molecule has 2 rings (SSSR count). The second kappa shape index (κ2) is 9.47. The first-order valence-corrected chi connectivity index (χ1v) is 10.3. The molecule has 0 aliphatic carbocycles. The molecule has 1 amide bonds. The van der Waals surface area contributed by atoms with E-state index in [1.165, 1.54) is 14.0 Å². The summed E-state index contributed by atoms with van der Waals surface area (Å²) >= 11 is 0. The Labute approximate surface area is 178 Å². The Morgan fingerprint density at radius 1 is 1.30 bits per heavy atom. The van der Waals surface area contributed by atoms with Crippen LogP contribution in [0.15, 0.2) is 12.3 Å². The molecule has 1 atom stereocenters. The van der Waals surface area contributed by atoms with Gasteiger partial charge in [-0.05, 0) is 45.6 Å². The molecule has 0 aromatic carbocycles. The zero-order valence-electron chi connectivity index (χ0n) is 19.0. The number of aromatic nitrogens is 2. The Morgan fingerprint density at radius 2 is 1.97 bits per heavy atom. The number of carbonyl (C=O) groups excluding carboxylic acids is 2. The summed E-state index contributed by atoms with van der Waals surface area (Å²) in [5.74, 6) is -0.372. The number of methoxy groups -OCH3 is 1. The van der Waals surface area contributed by atoms with Gasteiger partial charge >= 0.3 is 5.97 Å². The minimum absolute atomic E-state index is 0.00318. The number of hydrogen-bond donors (Lipinski definition) is 3. The molecule has 8 nitrogen and oxygen atoms in total. The Balaban J connectivity index is 2.58. The zero-order chi connectivity index (χ0) is 22.6. The lowest BCUT2D eigenvalue weighted by Gasteiger charge is -2.23. The average Bonchev–Trinajstić information content (AvgIpc) is 2.90. The fraction of sp³-hybridized carbons (Fsp3) is 0.591. The Morgan fingerprint density at radius 3 is 2.50 bits per heavy atom. The van der Waals surface area contributed by atoms with Gasteiger partial charge in [0.15, 0.2) is 5.69 Å². The van der Waals surface area contributed by atoms with Crippen LogP contribution in [0.4, 0.5) is 11.4 Å². The summed E-state index contributed by atoms with van der Waals surface area (Å²) in [4.78, 5) is 29.1. The van der Waals surface area contributed by atoms with Crippen LogP contribution >= 0.6 is 0 Å². The average molecular weight is 419 g/mol. The molecule has 2 aromatic heterocycles. The van der Waals surface area contributed by atoms with Gasteiger partial charge in [0.25, 0.3) is 0 Å². The molecule has 0 unspecified atom stereocenters. The number of rotatable bonds is 9. The quantitative estimate of drug-likeness (QED) is 0.535. The first kappa shape index (κ1) is 23.7. The highest BCUT2D eigenvalue weighted by Crippen LogP contribution is 2.33. The van der Waals surface area contributed by atoms with Gasteiger partial charge in [-0.15, -0.1) is 0 Å². The van der Waals surface area contributed by atoms with Crippen LogP contribution in [-0.2, 0) is 16.1 Å². The SMILES string of the molecule is COC(=O)c1c(NC(C)=O)c2cc(N[C@@H](C)CC(C)(C)O)cnc2n1CCC(C)C. The monoisotopic (exact) mass is 418 g/mol. The van der Waals surface area contributed by atoms with Crippen molar-refractivity contribution < 1.29 is 19.4 Å². The van der Waals surface area contributed by atoms with Crippen LogP contribution < -0.4 is 10.6 Å². The van der Waals surface area contributed by atoms with Crippen molar-refractivity contribution in [1.29, 1.82) is 0 Å². The molecule has 3 N–H and O–H groups in total. The van der Waals surface area contributed by atoms with E-state index >= 15 is 0 Å². The number of aryl methyl sites for hydroxylation is 1. The fourth-order valence-electron chi connectivity index (χ4n) is 3.61. The minimum Gasteiger partial charge on any atom is -0.464 e. The third kappa shape index (κ3) is 5.95. The number of aliphatic hydroxyl groups is 1. The largest absolute Gasteiger partial charge is 0.464 e. The highest BCUT2D eigenvalue weighted by Gasteiger charge is 2.26. The van der Waals surface area contributed by atoms with Gasteiger partial charge in [-0.25, -0.2) is 9.78 Å². The van der Waals surface area contributed by atoms with Crippen molar-refractivity contribution in [2.45, 2.75) is 72.6 Å². The van der Waals surface area contributed by atoms with Gasteiger partial charge in [0.1, 0.15) is 5.65 Å². The molecule has 2 heterocycles. The summed E-state index contributed by atoms with van der Waals surface area (Å²) in [6.07, 6.45) is 3.09. The number of hydrogen-bond acceptors (Lipinski definition) is 6. The van der Waals surface area contributed by atoms with Crippen LogP contribution in [0, 0.1) is 5.92 Å². The van der Waals surface area contributed by atoms with E-state index in [1.807, 2.05) is 17.6 Å². The van der Waals surface area contributed by atoms with E-state index < -0.39 is 11.6 Å². The molecule has 0 aliphatic heterocycles. The molecule has 0 radical (unpaired) electrons. The maximum absolute atomic E-state index is 12.6. The normalized spacial score (nSPS) is 12.8. The lowest BCUT2D eigenvalue weighted by molar-refractivity contribution is -0.114. The van der Waals surface area contributed by atoms with E-state index in [-0.39, 0.29) is 17.6 Å². The lowest BCUT2D eigenvalue weighted by atomic mass is 10.0. The molecule has 0 fully saturated rings. The second-order valence-electron chi connectivity index (χ2n) is 8.89. The Kier molecular flexibility index (Phi) is 7.47. The van der Waals surface area contributed by atoms with Crippen molar-refractivity contribution in [3.05, 3.63) is 18.0 Å². The Bertz CT molecular complexity index is 912. The van der Waals surface area contributed by atoms with Crippen molar-refractivity contribution in [1.82, 2.24) is 9.55 Å². The van der Waals surface area contributed by atoms with Crippen molar-refractivity contribution >= 4 is 34.3 Å². The molecule has 0 aliphatic rings. The highest BCUT2D eigenvalue weighted by molar-refractivity contribution is 6.10. The molecular weight excluding hydrogens is 384 g/mol. The van der Waals surface area contributed by atoms with E-state index in [4.69, 9.17) is 4.74 Å². The van der Waals surface area contributed by atoms with Crippen molar-refractivity contribution in [3.63, 3.8) is 0 Å². The predicted octanol–water partition coefficient (Wildman–Crippen LogP) is 3.79. The molecule has 8 heteroatoms. The molecule has 30 heavy (non-hydrogen) atoms. The molecule has 166 valence electrons. The van der Waals surface area contributed by atoms with Gasteiger partial charge in [0, 0.05) is 24.9 Å². The maximum atomic E-state index is 12.6. The predicted molar refractivity (Wildman–Crippen MR) is 119 cm³/mol. The van der Waals surface area contributed by atoms with Gasteiger partial charge in [-0.1, -0.05) is 13.8 Å². The van der Waals surface area contributed by atoms with Crippen LogP contribution in [0.3, 0.4) is 0 Å². The van der Waals surface area contributed by atoms with Crippen LogP contribution in [-0.4, -0.2) is 45.3 Å². The lowest BCUT2D eigenvalue weighted by Crippen LogP contribution is -2.29. The van der Waals surface area contributed by atoms with Crippen LogP contribution in [0.25, 0.3) is 11.0 Å². The Hall–Kier alpha value is -2.61. The number of fused-ring (bicyclic) bond motifs is 1. The number of ether oxygens (including phenoxy) is 1. The third-order valence-electron chi connectivity index (χ3n) is 4.73. The first-order valence-electron chi connectivity index (χ1n) is 10.3. The van der Waals surface area contributed by atoms with Gasteiger partial charge in [-0.2, -0.15) is 0 Å². The van der Waals surface area contributed by atoms with Gasteiger partial charge < -0.3 is 25.0 Å². The summed E-state index contributed by atoms with van der Waals surface area (Å²) in [7, 11) is 1.32. The van der Waals surface area contributed by atoms with Crippen molar-refractivity contribution in [2.24, 2.45) is 5.92 Å². The zero-order valence-corrected chi connectivity index (χ0v) is 19.0. The summed E-state index contributed by atoms with van der Waals surface area (Å²) in [6, 6.07) is 1.86. The van der Waals surface area contributed by atoms with E-state index in [0.717, 1.165) is 12.1 Å². The van der Waals surface area contributed by atoms with Crippen molar-refractivity contribution in [3.8, 4) is 0 Å². The van der Waals surface area contributed by atoms with Crippen LogP contribution in [0.1, 0.15) is 64.9 Å². The van der Waals surface area contributed by atoms with Crippen LogP contribution in [0.5, 0.6) is 0 Å². The van der Waals surface area contributed by atoms with Crippen LogP contribution in [0.2, 0.25) is 0 Å². The molecule has 0 bridgehead atoms. The van der Waals surface area contributed by atoms with E-state index in [2.05, 4.69) is 29.5 Å². The van der Waals surface area contributed by atoms with E-state index in [1.54, 1.807) is 20.0 Å². The molecule has 2 aromatic rings. The minimum atomic E-state index is -0.802. The molecule has 0 spiro atoms. The summed E-state index contributed by atoms with van der Waals surface area (Å²) in [6.45, 7) is 11.7. The number of nitrogens with one attached hydrogen (secondary N) is 2. The van der Waals surface area contributed by atoms with E-state index in [9.17, 15) is 14.7 Å². The summed E-state index contributed by atoms with van der Waals surface area (Å²) in [5, 5.41) is 16.8. The number of carbonyl (C=O) groups is 2. The summed E-state index contributed by atoms with van der Waals surface area (Å²) < 4.78 is 6.82. The van der Waals surface area contributed by atoms with E-state index in [0.29, 0.717) is 35.6 Å². The smallest absolute Gasteiger partial charge is 0.356 e. The van der Waals surface area contributed by atoms with Crippen molar-refractivity contribution in [2.75, 3.05) is 17.7 Å². The summed E-state index contributed by atoms with van der Waals surface area (Å²) in [5.41, 5.74) is 1.24.